The van der Waals surface area contributed by atoms with E-state index in [0.717, 1.165) is 12.1 Å². The summed E-state index contributed by atoms with van der Waals surface area (Å²) >= 11 is 0. The minimum absolute atomic E-state index is 0.128. The summed E-state index contributed by atoms with van der Waals surface area (Å²) in [5.74, 6) is -3.75. The summed E-state index contributed by atoms with van der Waals surface area (Å²) < 4.78 is 31.1. The van der Waals surface area contributed by atoms with Crippen molar-refractivity contribution >= 4 is 11.9 Å². The summed E-state index contributed by atoms with van der Waals surface area (Å²) in [6.07, 6.45) is 1.14. The number of amides is 1. The highest BCUT2D eigenvalue weighted by molar-refractivity contribution is 5.79. The molecule has 0 bridgehead atoms. The van der Waals surface area contributed by atoms with Crippen LogP contribution in [-0.4, -0.2) is 41.6 Å². The number of rotatable bonds is 4. The van der Waals surface area contributed by atoms with Crippen LogP contribution in [0.3, 0.4) is 0 Å². The first kappa shape index (κ1) is 15.2. The number of carbonyl (C=O) groups is 2. The predicted molar refractivity (Wildman–Crippen MR) is 68.8 cm³/mol. The van der Waals surface area contributed by atoms with Gasteiger partial charge in [-0.1, -0.05) is 0 Å². The first-order chi connectivity index (χ1) is 9.97. The van der Waals surface area contributed by atoms with Crippen LogP contribution in [0, 0.1) is 17.6 Å². The van der Waals surface area contributed by atoms with Gasteiger partial charge in [0.05, 0.1) is 5.92 Å². The summed E-state index contributed by atoms with van der Waals surface area (Å²) in [6.45, 7) is 0.177. The molecule has 0 aliphatic carbocycles. The van der Waals surface area contributed by atoms with Gasteiger partial charge in [-0.25, -0.2) is 8.78 Å². The van der Waals surface area contributed by atoms with Crippen molar-refractivity contribution in [2.24, 2.45) is 5.92 Å². The minimum atomic E-state index is -0.932. The molecule has 7 heteroatoms. The van der Waals surface area contributed by atoms with Gasteiger partial charge in [-0.2, -0.15) is 0 Å². The van der Waals surface area contributed by atoms with E-state index in [1.54, 1.807) is 0 Å². The Bertz CT molecular complexity index is 550. The maximum absolute atomic E-state index is 13.3. The van der Waals surface area contributed by atoms with E-state index in [9.17, 15) is 18.4 Å². The van der Waals surface area contributed by atoms with Gasteiger partial charge in [0, 0.05) is 19.2 Å². The number of nitrogens with zero attached hydrogens (tertiary/aromatic N) is 1. The second-order valence-electron chi connectivity index (χ2n) is 4.88. The molecular weight excluding hydrogens is 284 g/mol. The van der Waals surface area contributed by atoms with Crippen LogP contribution in [0.1, 0.15) is 12.8 Å². The van der Waals surface area contributed by atoms with Crippen molar-refractivity contribution in [3.05, 3.63) is 29.8 Å². The van der Waals surface area contributed by atoms with E-state index in [1.807, 2.05) is 0 Å². The van der Waals surface area contributed by atoms with Crippen LogP contribution in [0.5, 0.6) is 5.75 Å². The molecule has 0 spiro atoms. The van der Waals surface area contributed by atoms with Gasteiger partial charge in [-0.3, -0.25) is 9.59 Å². The van der Waals surface area contributed by atoms with Gasteiger partial charge in [0.1, 0.15) is 5.82 Å². The lowest BCUT2D eigenvalue weighted by atomic mass is 9.98. The van der Waals surface area contributed by atoms with Crippen molar-refractivity contribution in [2.75, 3.05) is 19.7 Å². The highest BCUT2D eigenvalue weighted by atomic mass is 19.1. The topological polar surface area (TPSA) is 66.8 Å². The molecule has 1 saturated heterocycles. The molecule has 1 aromatic rings. The van der Waals surface area contributed by atoms with E-state index in [4.69, 9.17) is 9.84 Å². The van der Waals surface area contributed by atoms with Crippen LogP contribution in [0.4, 0.5) is 8.78 Å². The monoisotopic (exact) mass is 299 g/mol. The van der Waals surface area contributed by atoms with Crippen molar-refractivity contribution in [3.8, 4) is 5.75 Å². The second-order valence-corrected chi connectivity index (χ2v) is 4.88. The van der Waals surface area contributed by atoms with E-state index in [2.05, 4.69) is 0 Å². The Balaban J connectivity index is 1.90. The van der Waals surface area contributed by atoms with E-state index in [0.29, 0.717) is 25.5 Å². The first-order valence-corrected chi connectivity index (χ1v) is 6.56. The zero-order chi connectivity index (χ0) is 15.4. The molecule has 1 atom stereocenters. The molecule has 5 nitrogen and oxygen atoms in total. The summed E-state index contributed by atoms with van der Waals surface area (Å²) in [4.78, 5) is 24.2. The van der Waals surface area contributed by atoms with Crippen LogP contribution in [0.15, 0.2) is 18.2 Å². The average Bonchev–Trinajstić information content (AvgIpc) is 2.46. The number of hydrogen-bond donors (Lipinski definition) is 1. The van der Waals surface area contributed by atoms with E-state index < -0.39 is 36.0 Å². The molecule has 1 amide bonds. The standard InChI is InChI=1S/C14H15F2NO4/c15-10-3-4-12(11(16)6-10)21-8-13(18)17-5-1-2-9(7-17)14(19)20/h3-4,6,9H,1-2,5,7-8H2,(H,19,20)/t9-/m1/s1. The lowest BCUT2D eigenvalue weighted by Crippen LogP contribution is -2.44. The lowest BCUT2D eigenvalue weighted by molar-refractivity contribution is -0.146. The number of likely N-dealkylation sites (tertiary alicyclic amines) is 1. The summed E-state index contributed by atoms with van der Waals surface area (Å²) in [5, 5.41) is 8.95. The highest BCUT2D eigenvalue weighted by Gasteiger charge is 2.28. The number of carboxylic acids is 1. The Morgan fingerprint density at radius 1 is 1.38 bits per heavy atom. The molecule has 21 heavy (non-hydrogen) atoms. The van der Waals surface area contributed by atoms with Gasteiger partial charge in [0.25, 0.3) is 5.91 Å². The van der Waals surface area contributed by atoms with E-state index in [-0.39, 0.29) is 12.3 Å². The third kappa shape index (κ3) is 3.90. The third-order valence-electron chi connectivity index (χ3n) is 3.37. The molecule has 1 N–H and O–H groups in total. The van der Waals surface area contributed by atoms with E-state index >= 15 is 0 Å². The fraction of sp³-hybridized carbons (Fsp3) is 0.429. The summed E-state index contributed by atoms with van der Waals surface area (Å²) in [5.41, 5.74) is 0. The highest BCUT2D eigenvalue weighted by Crippen LogP contribution is 2.19. The predicted octanol–water partition coefficient (Wildman–Crippen LogP) is 1.67. The summed E-state index contributed by atoms with van der Waals surface area (Å²) in [6, 6.07) is 2.81. The van der Waals surface area contributed by atoms with Gasteiger partial charge in [0.15, 0.2) is 18.2 Å². The van der Waals surface area contributed by atoms with Gasteiger partial charge in [0.2, 0.25) is 0 Å². The first-order valence-electron chi connectivity index (χ1n) is 6.56. The Kier molecular flexibility index (Phi) is 4.72. The number of piperidine rings is 1. The number of ether oxygens (including phenoxy) is 1. The number of carboxylic acid groups (broad SMARTS) is 1. The second kappa shape index (κ2) is 6.51. The molecule has 114 valence electrons. The molecule has 2 rings (SSSR count). The Morgan fingerprint density at radius 3 is 2.81 bits per heavy atom. The van der Waals surface area contributed by atoms with Crippen LogP contribution < -0.4 is 4.74 Å². The smallest absolute Gasteiger partial charge is 0.308 e. The number of hydrogen-bond acceptors (Lipinski definition) is 3. The molecule has 0 aromatic heterocycles. The van der Waals surface area contributed by atoms with Gasteiger partial charge in [-0.15, -0.1) is 0 Å². The zero-order valence-electron chi connectivity index (χ0n) is 11.2. The molecule has 1 heterocycles. The van der Waals surface area contributed by atoms with Crippen LogP contribution in [-0.2, 0) is 9.59 Å². The van der Waals surface area contributed by atoms with Gasteiger partial charge >= 0.3 is 5.97 Å². The van der Waals surface area contributed by atoms with E-state index in [1.165, 1.54) is 4.90 Å². The van der Waals surface area contributed by atoms with Gasteiger partial charge < -0.3 is 14.7 Å². The molecule has 1 aliphatic rings. The molecule has 0 unspecified atom stereocenters. The largest absolute Gasteiger partial charge is 0.481 e. The Morgan fingerprint density at radius 2 is 2.14 bits per heavy atom. The zero-order valence-corrected chi connectivity index (χ0v) is 11.2. The van der Waals surface area contributed by atoms with Crippen molar-refractivity contribution in [2.45, 2.75) is 12.8 Å². The van der Waals surface area contributed by atoms with Gasteiger partial charge in [-0.05, 0) is 25.0 Å². The fourth-order valence-electron chi connectivity index (χ4n) is 2.23. The average molecular weight is 299 g/mol. The number of aliphatic carboxylic acids is 1. The number of carbonyl (C=O) groups excluding carboxylic acids is 1. The molecule has 0 radical (unpaired) electrons. The normalized spacial score (nSPS) is 18.4. The van der Waals surface area contributed by atoms with Crippen molar-refractivity contribution < 1.29 is 28.2 Å². The summed E-state index contributed by atoms with van der Waals surface area (Å²) in [7, 11) is 0. The minimum Gasteiger partial charge on any atom is -0.481 e. The van der Waals surface area contributed by atoms with Crippen LogP contribution >= 0.6 is 0 Å². The SMILES string of the molecule is O=C(O)[C@@H]1CCCN(C(=O)COc2ccc(F)cc2F)C1. The molecule has 0 saturated carbocycles. The molecule has 1 fully saturated rings. The number of halogens is 2. The quantitative estimate of drug-likeness (QED) is 0.918. The Hall–Kier alpha value is -2.18. The van der Waals surface area contributed by atoms with Crippen molar-refractivity contribution in [3.63, 3.8) is 0 Å². The lowest BCUT2D eigenvalue weighted by Gasteiger charge is -2.30. The molecule has 1 aromatic carbocycles. The number of benzene rings is 1. The third-order valence-corrected chi connectivity index (χ3v) is 3.37. The maximum Gasteiger partial charge on any atom is 0.308 e. The van der Waals surface area contributed by atoms with Crippen LogP contribution in [0.2, 0.25) is 0 Å². The molecular formula is C14H15F2NO4. The van der Waals surface area contributed by atoms with Crippen molar-refractivity contribution in [1.82, 2.24) is 4.90 Å². The molecule has 1 aliphatic heterocycles. The maximum atomic E-state index is 13.3. The van der Waals surface area contributed by atoms with Crippen molar-refractivity contribution in [1.29, 1.82) is 0 Å². The van der Waals surface area contributed by atoms with Crippen LogP contribution in [0.25, 0.3) is 0 Å². The Labute approximate surface area is 120 Å². The fourth-order valence-corrected chi connectivity index (χ4v) is 2.23.